The second-order valence-corrected chi connectivity index (χ2v) is 7.47. The number of sulfone groups is 1. The van der Waals surface area contributed by atoms with Gasteiger partial charge in [0.2, 0.25) is 0 Å². The molecule has 20 heavy (non-hydrogen) atoms. The fraction of sp³-hybridized carbons (Fsp3) is 0.500. The second kappa shape index (κ2) is 5.83. The third kappa shape index (κ3) is 3.30. The molecule has 1 aliphatic carbocycles. The van der Waals surface area contributed by atoms with Crippen LogP contribution in [0.3, 0.4) is 0 Å². The Bertz CT molecular complexity index is 598. The van der Waals surface area contributed by atoms with E-state index in [1.54, 1.807) is 25.2 Å². The third-order valence-corrected chi connectivity index (χ3v) is 5.37. The number of rotatable bonds is 4. The third-order valence-electron chi connectivity index (χ3n) is 3.71. The summed E-state index contributed by atoms with van der Waals surface area (Å²) in [6.45, 7) is 0. The Morgan fingerprint density at radius 1 is 1.30 bits per heavy atom. The van der Waals surface area contributed by atoms with Crippen LogP contribution >= 0.6 is 0 Å². The van der Waals surface area contributed by atoms with Gasteiger partial charge in [0.15, 0.2) is 9.84 Å². The van der Waals surface area contributed by atoms with Crippen molar-refractivity contribution >= 4 is 21.4 Å². The minimum absolute atomic E-state index is 0.0788. The number of carbonyl (C=O) groups is 1. The number of hydrogen-bond donors (Lipinski definition) is 2. The molecule has 0 radical (unpaired) electrons. The Balaban J connectivity index is 2.16. The first-order valence-electron chi connectivity index (χ1n) is 6.69. The van der Waals surface area contributed by atoms with Crippen molar-refractivity contribution < 1.29 is 13.2 Å². The summed E-state index contributed by atoms with van der Waals surface area (Å²) in [6, 6.07) is 7.04. The van der Waals surface area contributed by atoms with Crippen LogP contribution in [0.25, 0.3) is 0 Å². The van der Waals surface area contributed by atoms with Crippen LogP contribution < -0.4 is 10.6 Å². The van der Waals surface area contributed by atoms with Crippen molar-refractivity contribution in [3.05, 3.63) is 29.8 Å². The van der Waals surface area contributed by atoms with Crippen LogP contribution in [0.1, 0.15) is 29.6 Å². The molecule has 1 amide bonds. The van der Waals surface area contributed by atoms with E-state index in [2.05, 4.69) is 10.6 Å². The standard InChI is InChI=1S/C14H20N2O3S/c1-15-14(17)10-5-3-6-11(9-10)16-12-7-4-8-13(12)20(2,18)19/h3,5-6,9,12-13,16H,4,7-8H2,1-2H3,(H,15,17). The normalized spacial score (nSPS) is 22.5. The summed E-state index contributed by atoms with van der Waals surface area (Å²) in [4.78, 5) is 11.6. The average molecular weight is 296 g/mol. The summed E-state index contributed by atoms with van der Waals surface area (Å²) < 4.78 is 23.5. The molecular formula is C14H20N2O3S. The lowest BCUT2D eigenvalue weighted by Gasteiger charge is -2.21. The van der Waals surface area contributed by atoms with Crippen molar-refractivity contribution in [1.82, 2.24) is 5.32 Å². The summed E-state index contributed by atoms with van der Waals surface area (Å²) in [6.07, 6.45) is 3.73. The van der Waals surface area contributed by atoms with E-state index < -0.39 is 9.84 Å². The van der Waals surface area contributed by atoms with Gasteiger partial charge in [-0.1, -0.05) is 6.07 Å². The molecule has 1 aliphatic rings. The van der Waals surface area contributed by atoms with Crippen molar-refractivity contribution in [2.24, 2.45) is 0 Å². The van der Waals surface area contributed by atoms with Gasteiger partial charge in [-0.25, -0.2) is 8.42 Å². The molecule has 5 nitrogen and oxygen atoms in total. The number of nitrogens with one attached hydrogen (secondary N) is 2. The summed E-state index contributed by atoms with van der Waals surface area (Å²) in [5.74, 6) is -0.153. The Morgan fingerprint density at radius 2 is 2.05 bits per heavy atom. The molecule has 0 aliphatic heterocycles. The molecule has 2 atom stereocenters. The minimum atomic E-state index is -3.04. The second-order valence-electron chi connectivity index (χ2n) is 5.21. The zero-order chi connectivity index (χ0) is 14.8. The fourth-order valence-corrected chi connectivity index (χ4v) is 4.11. The van der Waals surface area contributed by atoms with Crippen molar-refractivity contribution in [2.45, 2.75) is 30.6 Å². The maximum absolute atomic E-state index is 11.8. The van der Waals surface area contributed by atoms with Crippen molar-refractivity contribution in [2.75, 3.05) is 18.6 Å². The number of anilines is 1. The smallest absolute Gasteiger partial charge is 0.251 e. The van der Waals surface area contributed by atoms with Crippen LogP contribution in [0.15, 0.2) is 24.3 Å². The first-order chi connectivity index (χ1) is 9.41. The van der Waals surface area contributed by atoms with Crippen molar-refractivity contribution in [3.8, 4) is 0 Å². The van der Waals surface area contributed by atoms with Crippen LogP contribution in [0.5, 0.6) is 0 Å². The number of amides is 1. The van der Waals surface area contributed by atoms with E-state index in [-0.39, 0.29) is 17.2 Å². The van der Waals surface area contributed by atoms with E-state index in [0.717, 1.165) is 18.5 Å². The largest absolute Gasteiger partial charge is 0.381 e. The number of hydrogen-bond acceptors (Lipinski definition) is 4. The molecule has 0 spiro atoms. The van der Waals surface area contributed by atoms with Crippen LogP contribution in [0.4, 0.5) is 5.69 Å². The summed E-state index contributed by atoms with van der Waals surface area (Å²) >= 11 is 0. The van der Waals surface area contributed by atoms with Crippen molar-refractivity contribution in [1.29, 1.82) is 0 Å². The fourth-order valence-electron chi connectivity index (χ4n) is 2.71. The molecule has 1 saturated carbocycles. The molecule has 2 rings (SSSR count). The van der Waals surface area contributed by atoms with Gasteiger partial charge in [0.1, 0.15) is 0 Å². The molecule has 0 bridgehead atoms. The quantitative estimate of drug-likeness (QED) is 0.881. The SMILES string of the molecule is CNC(=O)c1cccc(NC2CCCC2S(C)(=O)=O)c1. The van der Waals surface area contributed by atoms with E-state index in [0.29, 0.717) is 12.0 Å². The van der Waals surface area contributed by atoms with E-state index in [1.807, 2.05) is 6.07 Å². The highest BCUT2D eigenvalue weighted by atomic mass is 32.2. The van der Waals surface area contributed by atoms with Gasteiger partial charge in [-0.05, 0) is 37.5 Å². The molecule has 0 aromatic heterocycles. The first-order valence-corrected chi connectivity index (χ1v) is 8.65. The molecule has 1 fully saturated rings. The van der Waals surface area contributed by atoms with Gasteiger partial charge in [-0.15, -0.1) is 0 Å². The van der Waals surface area contributed by atoms with E-state index >= 15 is 0 Å². The predicted octanol–water partition coefficient (Wildman–Crippen LogP) is 1.42. The summed E-state index contributed by atoms with van der Waals surface area (Å²) in [5.41, 5.74) is 1.35. The van der Waals surface area contributed by atoms with Gasteiger partial charge in [0.25, 0.3) is 5.91 Å². The molecule has 1 aromatic rings. The van der Waals surface area contributed by atoms with Gasteiger partial charge in [0, 0.05) is 30.6 Å². The molecule has 2 N–H and O–H groups in total. The topological polar surface area (TPSA) is 75.3 Å². The van der Waals surface area contributed by atoms with Gasteiger partial charge >= 0.3 is 0 Å². The Hall–Kier alpha value is -1.56. The maximum atomic E-state index is 11.8. The lowest BCUT2D eigenvalue weighted by atomic mass is 10.1. The van der Waals surface area contributed by atoms with Gasteiger partial charge in [-0.2, -0.15) is 0 Å². The van der Waals surface area contributed by atoms with Crippen LogP contribution in [0, 0.1) is 0 Å². The minimum Gasteiger partial charge on any atom is -0.381 e. The number of carbonyl (C=O) groups excluding carboxylic acids is 1. The average Bonchev–Trinajstić information content (AvgIpc) is 2.86. The molecule has 0 heterocycles. The molecule has 6 heteroatoms. The summed E-state index contributed by atoms with van der Waals surface area (Å²) in [7, 11) is -1.46. The van der Waals surface area contributed by atoms with E-state index in [9.17, 15) is 13.2 Å². The van der Waals surface area contributed by atoms with Gasteiger partial charge in [0.05, 0.1) is 5.25 Å². The first kappa shape index (κ1) is 14.8. The molecule has 0 saturated heterocycles. The molecule has 2 unspecified atom stereocenters. The Morgan fingerprint density at radius 3 is 2.70 bits per heavy atom. The highest BCUT2D eigenvalue weighted by molar-refractivity contribution is 7.91. The number of benzene rings is 1. The zero-order valence-corrected chi connectivity index (χ0v) is 12.5. The van der Waals surface area contributed by atoms with Crippen LogP contribution in [-0.4, -0.2) is 38.9 Å². The monoisotopic (exact) mass is 296 g/mol. The van der Waals surface area contributed by atoms with Gasteiger partial charge < -0.3 is 10.6 Å². The van der Waals surface area contributed by atoms with E-state index in [1.165, 1.54) is 6.26 Å². The summed E-state index contributed by atoms with van der Waals surface area (Å²) in [5, 5.41) is 5.49. The highest BCUT2D eigenvalue weighted by Gasteiger charge is 2.34. The molecule has 1 aromatic carbocycles. The predicted molar refractivity (Wildman–Crippen MR) is 79.7 cm³/mol. The highest BCUT2D eigenvalue weighted by Crippen LogP contribution is 2.28. The maximum Gasteiger partial charge on any atom is 0.251 e. The lowest BCUT2D eigenvalue weighted by molar-refractivity contribution is 0.0963. The van der Waals surface area contributed by atoms with Crippen molar-refractivity contribution in [3.63, 3.8) is 0 Å². The zero-order valence-electron chi connectivity index (χ0n) is 11.7. The van der Waals surface area contributed by atoms with Gasteiger partial charge in [-0.3, -0.25) is 4.79 Å². The van der Waals surface area contributed by atoms with Crippen LogP contribution in [0.2, 0.25) is 0 Å². The van der Waals surface area contributed by atoms with E-state index in [4.69, 9.17) is 0 Å². The lowest BCUT2D eigenvalue weighted by Crippen LogP contribution is -2.34. The Labute approximate surface area is 119 Å². The van der Waals surface area contributed by atoms with Crippen LogP contribution in [-0.2, 0) is 9.84 Å². The molecular weight excluding hydrogens is 276 g/mol. The Kier molecular flexibility index (Phi) is 4.32. The molecule has 110 valence electrons.